The molecule has 1 N–H and O–H groups in total. The Bertz CT molecular complexity index is 160. The molecule has 0 bridgehead atoms. The van der Waals surface area contributed by atoms with Gasteiger partial charge in [-0.3, -0.25) is 5.41 Å². The highest BCUT2D eigenvalue weighted by Gasteiger charge is 2.16. The highest BCUT2D eigenvalue weighted by atomic mass is 15.1. The van der Waals surface area contributed by atoms with Gasteiger partial charge in [-0.05, 0) is 52.2 Å². The van der Waals surface area contributed by atoms with E-state index in [1.54, 1.807) is 0 Å². The molecule has 0 saturated carbocycles. The zero-order chi connectivity index (χ0) is 10.4. The van der Waals surface area contributed by atoms with Crippen LogP contribution in [0.2, 0.25) is 0 Å². The molecule has 0 radical (unpaired) electrons. The molecule has 0 amide bonds. The van der Waals surface area contributed by atoms with Gasteiger partial charge in [0.1, 0.15) is 0 Å². The van der Waals surface area contributed by atoms with Crippen LogP contribution >= 0.6 is 0 Å². The van der Waals surface area contributed by atoms with Crippen LogP contribution in [0, 0.1) is 11.3 Å². The molecule has 1 aliphatic heterocycles. The lowest BCUT2D eigenvalue weighted by Gasteiger charge is -2.30. The first-order chi connectivity index (χ1) is 6.72. The van der Waals surface area contributed by atoms with Crippen molar-refractivity contribution in [1.82, 2.24) is 9.80 Å². The molecule has 1 fully saturated rings. The quantitative estimate of drug-likeness (QED) is 0.536. The fourth-order valence-corrected chi connectivity index (χ4v) is 2.07. The summed E-state index contributed by atoms with van der Waals surface area (Å²) in [5.74, 6) is 0.908. The first-order valence-corrected chi connectivity index (χ1v) is 5.61. The van der Waals surface area contributed by atoms with E-state index in [-0.39, 0.29) is 0 Å². The largest absolute Gasteiger partial charge is 0.363 e. The maximum absolute atomic E-state index is 7.15. The highest BCUT2D eigenvalue weighted by Crippen LogP contribution is 2.20. The van der Waals surface area contributed by atoms with E-state index in [1.807, 2.05) is 0 Å². The summed E-state index contributed by atoms with van der Waals surface area (Å²) < 4.78 is 0. The molecule has 0 aromatic heterocycles. The van der Waals surface area contributed by atoms with Crippen LogP contribution in [-0.4, -0.2) is 49.9 Å². The van der Waals surface area contributed by atoms with E-state index in [4.69, 9.17) is 5.41 Å². The van der Waals surface area contributed by atoms with Gasteiger partial charge in [0.05, 0.1) is 6.34 Å². The number of piperidine rings is 1. The van der Waals surface area contributed by atoms with Gasteiger partial charge in [0.25, 0.3) is 0 Å². The molecule has 0 aromatic carbocycles. The molecule has 0 aliphatic carbocycles. The summed E-state index contributed by atoms with van der Waals surface area (Å²) in [7, 11) is 4.27. The van der Waals surface area contributed by atoms with Gasteiger partial charge < -0.3 is 9.80 Å². The van der Waals surface area contributed by atoms with Crippen LogP contribution in [0.5, 0.6) is 0 Å². The first-order valence-electron chi connectivity index (χ1n) is 5.61. The van der Waals surface area contributed by atoms with E-state index < -0.39 is 0 Å². The smallest absolute Gasteiger partial charge is 0.0817 e. The average Bonchev–Trinajstić information content (AvgIpc) is 2.18. The summed E-state index contributed by atoms with van der Waals surface area (Å²) in [5, 5.41) is 7.15. The second-order valence-corrected chi connectivity index (χ2v) is 4.55. The lowest BCUT2D eigenvalue weighted by atomic mass is 9.92. The molecule has 3 nitrogen and oxygen atoms in total. The maximum atomic E-state index is 7.15. The monoisotopic (exact) mass is 197 g/mol. The number of rotatable bonds is 5. The van der Waals surface area contributed by atoms with E-state index in [2.05, 4.69) is 23.9 Å². The Balaban J connectivity index is 2.07. The Morgan fingerprint density at radius 1 is 1.36 bits per heavy atom. The standard InChI is InChI=1S/C11H23N3/c1-13(2)7-3-4-11-5-8-14(10-12)9-6-11/h10-12H,3-9H2,1-2H3. The number of nitrogens with zero attached hydrogens (tertiary/aromatic N) is 2. The Kier molecular flexibility index (Phi) is 4.94. The zero-order valence-corrected chi connectivity index (χ0v) is 9.50. The number of likely N-dealkylation sites (tertiary alicyclic amines) is 1. The van der Waals surface area contributed by atoms with Crippen molar-refractivity contribution in [2.75, 3.05) is 33.7 Å². The van der Waals surface area contributed by atoms with Crippen molar-refractivity contribution >= 4 is 6.34 Å². The maximum Gasteiger partial charge on any atom is 0.0817 e. The molecule has 0 unspecified atom stereocenters. The summed E-state index contributed by atoms with van der Waals surface area (Å²) in [6.45, 7) is 3.40. The SMILES string of the molecule is CN(C)CCCC1CCN(C=N)CC1. The third kappa shape index (κ3) is 4.09. The van der Waals surface area contributed by atoms with Crippen LogP contribution in [0.25, 0.3) is 0 Å². The molecular weight excluding hydrogens is 174 g/mol. The second-order valence-electron chi connectivity index (χ2n) is 4.55. The second kappa shape index (κ2) is 6.02. The minimum atomic E-state index is 0.908. The minimum absolute atomic E-state index is 0.908. The molecule has 1 rings (SSSR count). The van der Waals surface area contributed by atoms with E-state index in [9.17, 15) is 0 Å². The molecule has 1 heterocycles. The van der Waals surface area contributed by atoms with Gasteiger partial charge in [-0.15, -0.1) is 0 Å². The zero-order valence-electron chi connectivity index (χ0n) is 9.50. The van der Waals surface area contributed by atoms with Gasteiger partial charge in [0.15, 0.2) is 0 Å². The summed E-state index contributed by atoms with van der Waals surface area (Å²) in [6, 6.07) is 0. The Labute approximate surface area is 87.6 Å². The van der Waals surface area contributed by atoms with Gasteiger partial charge in [0.2, 0.25) is 0 Å². The summed E-state index contributed by atoms with van der Waals surface area (Å²) >= 11 is 0. The van der Waals surface area contributed by atoms with Crippen LogP contribution < -0.4 is 0 Å². The Morgan fingerprint density at radius 3 is 2.50 bits per heavy atom. The molecule has 14 heavy (non-hydrogen) atoms. The van der Waals surface area contributed by atoms with Crippen LogP contribution in [0.15, 0.2) is 0 Å². The van der Waals surface area contributed by atoms with E-state index in [0.29, 0.717) is 0 Å². The predicted octanol–water partition coefficient (Wildman–Crippen LogP) is 1.65. The van der Waals surface area contributed by atoms with Crippen molar-refractivity contribution < 1.29 is 0 Å². The van der Waals surface area contributed by atoms with Gasteiger partial charge >= 0.3 is 0 Å². The van der Waals surface area contributed by atoms with E-state index >= 15 is 0 Å². The lowest BCUT2D eigenvalue weighted by molar-refractivity contribution is 0.249. The van der Waals surface area contributed by atoms with Crippen molar-refractivity contribution in [3.63, 3.8) is 0 Å². The summed E-state index contributed by atoms with van der Waals surface area (Å²) in [5.41, 5.74) is 0. The fourth-order valence-electron chi connectivity index (χ4n) is 2.07. The van der Waals surface area contributed by atoms with Gasteiger partial charge in [-0.25, -0.2) is 0 Å². The highest BCUT2D eigenvalue weighted by molar-refractivity contribution is 5.50. The van der Waals surface area contributed by atoms with Gasteiger partial charge in [0, 0.05) is 13.1 Å². The fraction of sp³-hybridized carbons (Fsp3) is 0.909. The van der Waals surface area contributed by atoms with Crippen LogP contribution in [0.1, 0.15) is 25.7 Å². The molecule has 0 atom stereocenters. The van der Waals surface area contributed by atoms with Crippen LogP contribution in [0.3, 0.4) is 0 Å². The molecular formula is C11H23N3. The van der Waals surface area contributed by atoms with Gasteiger partial charge in [-0.2, -0.15) is 0 Å². The lowest BCUT2D eigenvalue weighted by Crippen LogP contribution is -2.32. The van der Waals surface area contributed by atoms with Crippen molar-refractivity contribution in [3.05, 3.63) is 0 Å². The Morgan fingerprint density at radius 2 is 2.00 bits per heavy atom. The normalized spacial score (nSPS) is 18.9. The van der Waals surface area contributed by atoms with Crippen LogP contribution in [0.4, 0.5) is 0 Å². The Hall–Kier alpha value is -0.570. The summed E-state index contributed by atoms with van der Waals surface area (Å²) in [6.07, 6.45) is 6.73. The molecule has 3 heteroatoms. The number of hydrogen-bond acceptors (Lipinski definition) is 2. The predicted molar refractivity (Wildman–Crippen MR) is 60.9 cm³/mol. The van der Waals surface area contributed by atoms with E-state index in [0.717, 1.165) is 19.0 Å². The summed E-state index contributed by atoms with van der Waals surface area (Å²) in [4.78, 5) is 4.37. The molecule has 0 spiro atoms. The van der Waals surface area contributed by atoms with Crippen molar-refractivity contribution in [2.45, 2.75) is 25.7 Å². The molecule has 1 aliphatic rings. The van der Waals surface area contributed by atoms with Crippen molar-refractivity contribution in [1.29, 1.82) is 5.41 Å². The minimum Gasteiger partial charge on any atom is -0.363 e. The number of nitrogens with one attached hydrogen (secondary N) is 1. The first kappa shape index (κ1) is 11.5. The molecule has 82 valence electrons. The third-order valence-electron chi connectivity index (χ3n) is 3.05. The van der Waals surface area contributed by atoms with E-state index in [1.165, 1.54) is 38.6 Å². The third-order valence-corrected chi connectivity index (χ3v) is 3.05. The number of hydrogen-bond donors (Lipinski definition) is 1. The average molecular weight is 197 g/mol. The van der Waals surface area contributed by atoms with Crippen LogP contribution in [-0.2, 0) is 0 Å². The van der Waals surface area contributed by atoms with Gasteiger partial charge in [-0.1, -0.05) is 0 Å². The molecule has 1 saturated heterocycles. The van der Waals surface area contributed by atoms with Crippen molar-refractivity contribution in [2.24, 2.45) is 5.92 Å². The molecule has 0 aromatic rings. The topological polar surface area (TPSA) is 30.3 Å². The van der Waals surface area contributed by atoms with Crippen molar-refractivity contribution in [3.8, 4) is 0 Å².